The maximum absolute atomic E-state index is 13.8. The highest BCUT2D eigenvalue weighted by molar-refractivity contribution is 7.98. The molecule has 1 aromatic heterocycles. The molecule has 2 unspecified atom stereocenters. The number of aryl methyl sites for hydroxylation is 3. The average molecular weight is 626 g/mol. The van der Waals surface area contributed by atoms with E-state index in [4.69, 9.17) is 11.6 Å². The van der Waals surface area contributed by atoms with Crippen LogP contribution >= 0.6 is 23.4 Å². The molecule has 8 nitrogen and oxygen atoms in total. The zero-order valence-electron chi connectivity index (χ0n) is 26.1. The van der Waals surface area contributed by atoms with Crippen LogP contribution in [0.3, 0.4) is 0 Å². The van der Waals surface area contributed by atoms with Crippen molar-refractivity contribution in [3.8, 4) is 0 Å². The number of amides is 3. The highest BCUT2D eigenvalue weighted by atomic mass is 35.5. The van der Waals surface area contributed by atoms with Crippen molar-refractivity contribution in [1.29, 1.82) is 0 Å². The Morgan fingerprint density at radius 3 is 2.23 bits per heavy atom. The highest BCUT2D eigenvalue weighted by Crippen LogP contribution is 2.33. The van der Waals surface area contributed by atoms with Gasteiger partial charge in [0, 0.05) is 69.4 Å². The van der Waals surface area contributed by atoms with E-state index < -0.39 is 0 Å². The summed E-state index contributed by atoms with van der Waals surface area (Å²) in [5.41, 5.74) is 4.39. The van der Waals surface area contributed by atoms with Crippen LogP contribution in [0.2, 0.25) is 5.02 Å². The second-order valence-electron chi connectivity index (χ2n) is 12.5. The molecule has 0 radical (unpaired) electrons. The van der Waals surface area contributed by atoms with E-state index in [-0.39, 0.29) is 23.6 Å². The molecule has 1 aromatic carbocycles. The lowest BCUT2D eigenvalue weighted by atomic mass is 9.94. The summed E-state index contributed by atoms with van der Waals surface area (Å²) >= 11 is 8.07. The zero-order valence-corrected chi connectivity index (χ0v) is 27.6. The molecule has 43 heavy (non-hydrogen) atoms. The molecule has 3 aliphatic rings. The Morgan fingerprint density at radius 2 is 1.65 bits per heavy atom. The number of benzene rings is 1. The van der Waals surface area contributed by atoms with Crippen molar-refractivity contribution >= 4 is 46.8 Å². The first kappa shape index (κ1) is 31.8. The van der Waals surface area contributed by atoms with E-state index in [9.17, 15) is 14.4 Å². The molecule has 0 spiro atoms. The predicted molar refractivity (Wildman–Crippen MR) is 173 cm³/mol. The molecule has 0 saturated carbocycles. The monoisotopic (exact) mass is 625 g/mol. The van der Waals surface area contributed by atoms with Gasteiger partial charge in [0.15, 0.2) is 0 Å². The third-order valence-corrected chi connectivity index (χ3v) is 10.6. The lowest BCUT2D eigenvalue weighted by molar-refractivity contribution is -0.133. The number of likely N-dealkylation sites (tertiary alicyclic amines) is 3. The number of piperidine rings is 1. The van der Waals surface area contributed by atoms with Crippen LogP contribution in [0, 0.1) is 38.5 Å². The summed E-state index contributed by atoms with van der Waals surface area (Å²) in [6.45, 7) is 13.8. The van der Waals surface area contributed by atoms with Crippen LogP contribution in [-0.4, -0.2) is 96.0 Å². The normalized spacial score (nSPS) is 20.9. The molecular weight excluding hydrogens is 582 g/mol. The van der Waals surface area contributed by atoms with E-state index in [0.717, 1.165) is 72.2 Å². The second kappa shape index (κ2) is 13.6. The van der Waals surface area contributed by atoms with Crippen molar-refractivity contribution in [2.75, 3.05) is 63.5 Å². The third kappa shape index (κ3) is 7.04. The van der Waals surface area contributed by atoms with Gasteiger partial charge in [-0.05, 0) is 94.0 Å². The van der Waals surface area contributed by atoms with E-state index in [0.29, 0.717) is 49.3 Å². The smallest absolute Gasteiger partial charge is 0.255 e. The molecule has 10 heteroatoms. The first-order valence-corrected chi connectivity index (χ1v) is 17.0. The predicted octanol–water partition coefficient (Wildman–Crippen LogP) is 5.07. The van der Waals surface area contributed by atoms with Crippen molar-refractivity contribution < 1.29 is 14.4 Å². The van der Waals surface area contributed by atoms with Gasteiger partial charge in [0.2, 0.25) is 11.8 Å². The number of fused-ring (bicyclic) bond motifs is 1. The van der Waals surface area contributed by atoms with E-state index >= 15 is 0 Å². The number of nitrogens with zero attached hydrogens (tertiary/aromatic N) is 5. The summed E-state index contributed by atoms with van der Waals surface area (Å²) < 4.78 is 0. The first-order chi connectivity index (χ1) is 20.5. The Morgan fingerprint density at radius 1 is 0.977 bits per heavy atom. The van der Waals surface area contributed by atoms with Crippen molar-refractivity contribution in [1.82, 2.24) is 19.7 Å². The number of anilines is 1. The maximum Gasteiger partial charge on any atom is 0.255 e. The molecule has 0 N–H and O–H groups in total. The number of pyridine rings is 1. The van der Waals surface area contributed by atoms with Crippen LogP contribution in [0.1, 0.15) is 53.4 Å². The van der Waals surface area contributed by atoms with E-state index in [2.05, 4.69) is 9.88 Å². The van der Waals surface area contributed by atoms with Crippen LogP contribution in [0.15, 0.2) is 29.3 Å². The summed E-state index contributed by atoms with van der Waals surface area (Å²) in [7, 11) is 0. The van der Waals surface area contributed by atoms with E-state index in [1.807, 2.05) is 66.0 Å². The number of rotatable bonds is 8. The quantitative estimate of drug-likeness (QED) is 0.382. The van der Waals surface area contributed by atoms with Gasteiger partial charge in [-0.15, -0.1) is 11.8 Å². The third-order valence-electron chi connectivity index (χ3n) is 9.52. The van der Waals surface area contributed by atoms with Crippen molar-refractivity contribution in [2.24, 2.45) is 17.8 Å². The van der Waals surface area contributed by atoms with Crippen molar-refractivity contribution in [3.63, 3.8) is 0 Å². The topological polar surface area (TPSA) is 77.1 Å². The van der Waals surface area contributed by atoms with Crippen LogP contribution < -0.4 is 4.90 Å². The van der Waals surface area contributed by atoms with Gasteiger partial charge in [-0.3, -0.25) is 14.4 Å². The lowest BCUT2D eigenvalue weighted by Gasteiger charge is -2.34. The molecule has 3 aliphatic heterocycles. The van der Waals surface area contributed by atoms with Gasteiger partial charge in [0.05, 0.1) is 16.3 Å². The Bertz CT molecular complexity index is 1340. The van der Waals surface area contributed by atoms with Crippen LogP contribution in [0.25, 0.3) is 0 Å². The highest BCUT2D eigenvalue weighted by Gasteiger charge is 2.42. The Labute approximate surface area is 265 Å². The lowest BCUT2D eigenvalue weighted by Crippen LogP contribution is -2.44. The number of halogens is 1. The van der Waals surface area contributed by atoms with Gasteiger partial charge in [-0.2, -0.15) is 0 Å². The van der Waals surface area contributed by atoms with Gasteiger partial charge in [-0.1, -0.05) is 17.7 Å². The molecule has 2 atom stereocenters. The molecule has 2 aromatic rings. The fourth-order valence-electron chi connectivity index (χ4n) is 7.05. The number of hydrogen-bond acceptors (Lipinski definition) is 6. The molecule has 5 rings (SSSR count). The number of aromatic nitrogens is 1. The Balaban J connectivity index is 1.17. The maximum atomic E-state index is 13.8. The van der Waals surface area contributed by atoms with Gasteiger partial charge in [0.25, 0.3) is 5.91 Å². The number of hydrogen-bond donors (Lipinski definition) is 0. The summed E-state index contributed by atoms with van der Waals surface area (Å²) in [5.74, 6) is 1.16. The minimum absolute atomic E-state index is 0.0722. The molecule has 4 heterocycles. The number of thioether (sulfide) groups is 1. The summed E-state index contributed by atoms with van der Waals surface area (Å²) in [6, 6.07) is 7.88. The number of carbonyl (C=O) groups excluding carboxylic acids is 3. The van der Waals surface area contributed by atoms with Gasteiger partial charge in [0.1, 0.15) is 0 Å². The zero-order chi connectivity index (χ0) is 30.8. The fourth-order valence-corrected chi connectivity index (χ4v) is 7.75. The summed E-state index contributed by atoms with van der Waals surface area (Å²) in [6.07, 6.45) is 4.24. The molecule has 3 amide bonds. The number of carbonyl (C=O) groups is 3. The average Bonchev–Trinajstić information content (AvgIpc) is 3.55. The second-order valence-corrected chi connectivity index (χ2v) is 13.7. The molecule has 3 saturated heterocycles. The summed E-state index contributed by atoms with van der Waals surface area (Å²) in [4.78, 5) is 51.9. The van der Waals surface area contributed by atoms with Crippen LogP contribution in [-0.2, 0) is 9.59 Å². The van der Waals surface area contributed by atoms with Gasteiger partial charge < -0.3 is 19.6 Å². The van der Waals surface area contributed by atoms with Gasteiger partial charge in [-0.25, -0.2) is 4.98 Å². The van der Waals surface area contributed by atoms with Crippen molar-refractivity contribution in [2.45, 2.75) is 52.0 Å². The molecule has 0 aliphatic carbocycles. The minimum Gasteiger partial charge on any atom is -0.343 e. The SMILES string of the molecule is CSc1cc(C)c(C(=O)N2CC3CN(CCCN(C(=O)C4CCN(C(C)=O)CC4)c4ccc(C)c(Cl)c4)CC3C2)c(C)n1. The molecule has 3 fully saturated rings. The first-order valence-electron chi connectivity index (χ1n) is 15.4. The molecule has 232 valence electrons. The van der Waals surface area contributed by atoms with Crippen LogP contribution in [0.5, 0.6) is 0 Å². The van der Waals surface area contributed by atoms with E-state index in [1.54, 1.807) is 18.7 Å². The van der Waals surface area contributed by atoms with E-state index in [1.165, 1.54) is 0 Å². The molecule has 0 bridgehead atoms. The van der Waals surface area contributed by atoms with Crippen LogP contribution in [0.4, 0.5) is 5.69 Å². The van der Waals surface area contributed by atoms with Crippen molar-refractivity contribution in [3.05, 3.63) is 51.7 Å². The largest absolute Gasteiger partial charge is 0.343 e. The molecular formula is C33H44ClN5O3S. The Kier molecular flexibility index (Phi) is 10.0. The summed E-state index contributed by atoms with van der Waals surface area (Å²) in [5, 5.41) is 1.61. The van der Waals surface area contributed by atoms with Gasteiger partial charge >= 0.3 is 0 Å². The Hall–Kier alpha value is -2.62. The fraction of sp³-hybridized carbons (Fsp3) is 0.576. The minimum atomic E-state index is -0.0928. The standard InChI is InChI=1S/C33H44ClN5O3S/c1-21-7-8-28(16-29(21)34)39(32(41)25-9-13-37(14-10-25)24(4)40)12-6-11-36-17-26-19-38(20-27(26)18-36)33(42)31-22(2)15-30(43-5)35-23(31)3/h7-8,15-16,25-27H,6,9-14,17-20H2,1-5H3.